The summed E-state index contributed by atoms with van der Waals surface area (Å²) in [6.45, 7) is 7.05. The molecule has 0 aromatic carbocycles. The number of hydrogen-bond acceptors (Lipinski definition) is 2. The zero-order valence-corrected chi connectivity index (χ0v) is 13.6. The molecule has 1 amide bonds. The molecule has 0 bridgehead atoms. The zero-order chi connectivity index (χ0) is 16.2. The number of carbonyl (C=O) groups excluding carboxylic acids is 1. The summed E-state index contributed by atoms with van der Waals surface area (Å²) in [5.74, 6) is -0.0237. The Morgan fingerprint density at radius 1 is 1.39 bits per heavy atom. The molecular weight excluding hydrogens is 286 g/mol. The average molecular weight is 309 g/mol. The van der Waals surface area contributed by atoms with Crippen LogP contribution in [0.5, 0.6) is 0 Å². The van der Waals surface area contributed by atoms with Crippen molar-refractivity contribution in [3.05, 3.63) is 65.3 Å². The highest BCUT2D eigenvalue weighted by molar-refractivity contribution is 5.95. The van der Waals surface area contributed by atoms with E-state index in [-0.39, 0.29) is 5.91 Å². The van der Waals surface area contributed by atoms with Gasteiger partial charge in [-0.3, -0.25) is 9.78 Å². The van der Waals surface area contributed by atoms with Gasteiger partial charge in [0.05, 0.1) is 12.2 Å². The number of pyridine rings is 1. The highest BCUT2D eigenvalue weighted by Crippen LogP contribution is 2.29. The second-order valence-corrected chi connectivity index (χ2v) is 6.01. The highest BCUT2D eigenvalue weighted by Gasteiger charge is 2.25. The summed E-state index contributed by atoms with van der Waals surface area (Å²) in [4.78, 5) is 17.0. The maximum Gasteiger partial charge on any atom is 0.268 e. The van der Waals surface area contributed by atoms with Crippen molar-refractivity contribution in [2.45, 2.75) is 45.7 Å². The summed E-state index contributed by atoms with van der Waals surface area (Å²) in [5.41, 5.74) is 5.45. The lowest BCUT2D eigenvalue weighted by molar-refractivity contribution is 0.0940. The van der Waals surface area contributed by atoms with Crippen LogP contribution >= 0.6 is 0 Å². The standard InChI is InChI=1S/C19H23N3O/c1-3-12-22-17-10-5-4-9-16(17)14(2)18(22)19(23)21-13-15-8-6-7-11-20-15/h3,6-8,11H,1,4-5,9-10,12-13H2,2H3,(H,21,23). The van der Waals surface area contributed by atoms with Crippen LogP contribution in [0.3, 0.4) is 0 Å². The van der Waals surface area contributed by atoms with Crippen molar-refractivity contribution in [1.82, 2.24) is 14.9 Å². The van der Waals surface area contributed by atoms with Gasteiger partial charge in [0.25, 0.3) is 5.91 Å². The molecular formula is C19H23N3O. The summed E-state index contributed by atoms with van der Waals surface area (Å²) < 4.78 is 2.14. The normalized spacial score (nSPS) is 13.4. The number of aromatic nitrogens is 2. The van der Waals surface area contributed by atoms with E-state index in [2.05, 4.69) is 28.4 Å². The van der Waals surface area contributed by atoms with Gasteiger partial charge in [0.15, 0.2) is 0 Å². The van der Waals surface area contributed by atoms with Gasteiger partial charge in [-0.15, -0.1) is 6.58 Å². The summed E-state index contributed by atoms with van der Waals surface area (Å²) in [6, 6.07) is 5.72. The van der Waals surface area contributed by atoms with Crippen LogP contribution in [-0.4, -0.2) is 15.5 Å². The number of fused-ring (bicyclic) bond motifs is 1. The SMILES string of the molecule is C=CCn1c2c(c(C)c1C(=O)NCc1ccccn1)CCCC2. The second-order valence-electron chi connectivity index (χ2n) is 6.01. The largest absolute Gasteiger partial charge is 0.345 e. The minimum absolute atomic E-state index is 0.0237. The average Bonchev–Trinajstić information content (AvgIpc) is 2.87. The first-order valence-electron chi connectivity index (χ1n) is 8.22. The Hall–Kier alpha value is -2.36. The van der Waals surface area contributed by atoms with Crippen molar-refractivity contribution >= 4 is 5.91 Å². The van der Waals surface area contributed by atoms with Crippen LogP contribution < -0.4 is 5.32 Å². The maximum absolute atomic E-state index is 12.8. The lowest BCUT2D eigenvalue weighted by atomic mass is 9.95. The monoisotopic (exact) mass is 309 g/mol. The molecule has 1 aliphatic rings. The van der Waals surface area contributed by atoms with Gasteiger partial charge < -0.3 is 9.88 Å². The number of amides is 1. The molecule has 0 aliphatic heterocycles. The molecule has 4 heteroatoms. The zero-order valence-electron chi connectivity index (χ0n) is 13.6. The molecule has 0 saturated heterocycles. The number of hydrogen-bond donors (Lipinski definition) is 1. The van der Waals surface area contributed by atoms with Gasteiger partial charge in [-0.05, 0) is 55.9 Å². The third-order valence-corrected chi connectivity index (χ3v) is 4.53. The van der Waals surface area contributed by atoms with E-state index in [1.165, 1.54) is 24.1 Å². The Morgan fingerprint density at radius 3 is 2.96 bits per heavy atom. The number of nitrogens with zero attached hydrogens (tertiary/aromatic N) is 2. The second kappa shape index (κ2) is 6.82. The fourth-order valence-corrected chi connectivity index (χ4v) is 3.45. The number of carbonyl (C=O) groups is 1. The van der Waals surface area contributed by atoms with Crippen molar-refractivity contribution in [2.24, 2.45) is 0 Å². The molecule has 1 aliphatic carbocycles. The fraction of sp³-hybridized carbons (Fsp3) is 0.368. The van der Waals surface area contributed by atoms with E-state index >= 15 is 0 Å². The van der Waals surface area contributed by atoms with Gasteiger partial charge in [0, 0.05) is 18.4 Å². The van der Waals surface area contributed by atoms with Crippen molar-refractivity contribution in [3.8, 4) is 0 Å². The van der Waals surface area contributed by atoms with Crippen LogP contribution in [0.4, 0.5) is 0 Å². The predicted octanol–water partition coefficient (Wildman–Crippen LogP) is 3.19. The number of nitrogens with one attached hydrogen (secondary N) is 1. The van der Waals surface area contributed by atoms with E-state index in [4.69, 9.17) is 0 Å². The van der Waals surface area contributed by atoms with E-state index in [0.29, 0.717) is 13.1 Å². The lowest BCUT2D eigenvalue weighted by Gasteiger charge is -2.15. The third kappa shape index (κ3) is 3.07. The minimum atomic E-state index is -0.0237. The Labute approximate surface area is 137 Å². The molecule has 2 heterocycles. The molecule has 4 nitrogen and oxygen atoms in total. The van der Waals surface area contributed by atoms with Gasteiger partial charge in [-0.25, -0.2) is 0 Å². The molecule has 23 heavy (non-hydrogen) atoms. The summed E-state index contributed by atoms with van der Waals surface area (Å²) in [6.07, 6.45) is 8.14. The van der Waals surface area contributed by atoms with Crippen LogP contribution in [-0.2, 0) is 25.9 Å². The molecule has 0 fully saturated rings. The molecule has 1 N–H and O–H groups in total. The first-order valence-corrected chi connectivity index (χ1v) is 8.22. The number of rotatable bonds is 5. The summed E-state index contributed by atoms with van der Waals surface area (Å²) >= 11 is 0. The van der Waals surface area contributed by atoms with Crippen LogP contribution in [0, 0.1) is 6.92 Å². The minimum Gasteiger partial charge on any atom is -0.345 e. The molecule has 0 radical (unpaired) electrons. The van der Waals surface area contributed by atoms with E-state index in [0.717, 1.165) is 29.8 Å². The topological polar surface area (TPSA) is 46.9 Å². The van der Waals surface area contributed by atoms with E-state index in [9.17, 15) is 4.79 Å². The maximum atomic E-state index is 12.8. The van der Waals surface area contributed by atoms with E-state index in [1.807, 2.05) is 24.3 Å². The third-order valence-electron chi connectivity index (χ3n) is 4.53. The lowest BCUT2D eigenvalue weighted by Crippen LogP contribution is -2.27. The van der Waals surface area contributed by atoms with Gasteiger partial charge >= 0.3 is 0 Å². The molecule has 0 unspecified atom stereocenters. The Balaban J connectivity index is 1.87. The van der Waals surface area contributed by atoms with Crippen molar-refractivity contribution in [2.75, 3.05) is 0 Å². The van der Waals surface area contributed by atoms with Crippen LogP contribution in [0.25, 0.3) is 0 Å². The van der Waals surface area contributed by atoms with Gasteiger partial charge in [0.2, 0.25) is 0 Å². The quantitative estimate of drug-likeness (QED) is 0.862. The smallest absolute Gasteiger partial charge is 0.268 e. The van der Waals surface area contributed by atoms with E-state index in [1.54, 1.807) is 6.20 Å². The number of allylic oxidation sites excluding steroid dienone is 1. The van der Waals surface area contributed by atoms with Gasteiger partial charge in [-0.2, -0.15) is 0 Å². The van der Waals surface area contributed by atoms with Crippen molar-refractivity contribution < 1.29 is 4.79 Å². The highest BCUT2D eigenvalue weighted by atomic mass is 16.1. The molecule has 0 spiro atoms. The Morgan fingerprint density at radius 2 is 2.22 bits per heavy atom. The Kier molecular flexibility index (Phi) is 4.60. The fourth-order valence-electron chi connectivity index (χ4n) is 3.45. The van der Waals surface area contributed by atoms with Crippen LogP contribution in [0.1, 0.15) is 45.8 Å². The van der Waals surface area contributed by atoms with Gasteiger partial charge in [-0.1, -0.05) is 12.1 Å². The predicted molar refractivity (Wildman–Crippen MR) is 91.4 cm³/mol. The van der Waals surface area contributed by atoms with Crippen molar-refractivity contribution in [3.63, 3.8) is 0 Å². The first-order chi connectivity index (χ1) is 11.2. The molecule has 120 valence electrons. The first kappa shape index (κ1) is 15.5. The molecule has 3 rings (SSSR count). The van der Waals surface area contributed by atoms with Crippen LogP contribution in [0.2, 0.25) is 0 Å². The molecule has 2 aromatic rings. The van der Waals surface area contributed by atoms with Gasteiger partial charge in [0.1, 0.15) is 5.69 Å². The molecule has 0 saturated carbocycles. The van der Waals surface area contributed by atoms with Crippen molar-refractivity contribution in [1.29, 1.82) is 0 Å². The molecule has 2 aromatic heterocycles. The van der Waals surface area contributed by atoms with E-state index < -0.39 is 0 Å². The summed E-state index contributed by atoms with van der Waals surface area (Å²) in [7, 11) is 0. The van der Waals surface area contributed by atoms with Crippen LogP contribution in [0.15, 0.2) is 37.1 Å². The Bertz CT molecular complexity index is 716. The molecule has 0 atom stereocenters. The summed E-state index contributed by atoms with van der Waals surface area (Å²) in [5, 5.41) is 3.01.